The third-order valence-electron chi connectivity index (χ3n) is 5.04. The maximum absolute atomic E-state index is 13.1. The van der Waals surface area contributed by atoms with Crippen LogP contribution < -0.4 is 5.32 Å². The number of ether oxygens (including phenoxy) is 1. The summed E-state index contributed by atoms with van der Waals surface area (Å²) in [7, 11) is 0. The van der Waals surface area contributed by atoms with Crippen LogP contribution in [-0.2, 0) is 20.9 Å². The van der Waals surface area contributed by atoms with Crippen LogP contribution >= 0.6 is 0 Å². The molecular formula is C18H27N5O6. The van der Waals surface area contributed by atoms with Crippen molar-refractivity contribution in [2.45, 2.75) is 70.4 Å². The Balaban J connectivity index is 1.69. The van der Waals surface area contributed by atoms with Gasteiger partial charge in [0.2, 0.25) is 18.2 Å². The molecule has 3 rings (SSSR count). The lowest BCUT2D eigenvalue weighted by molar-refractivity contribution is -0.170. The van der Waals surface area contributed by atoms with E-state index >= 15 is 0 Å². The summed E-state index contributed by atoms with van der Waals surface area (Å²) < 4.78 is 10.3. The summed E-state index contributed by atoms with van der Waals surface area (Å²) in [4.78, 5) is 41.2. The Morgan fingerprint density at radius 1 is 1.45 bits per heavy atom. The van der Waals surface area contributed by atoms with Gasteiger partial charge in [-0.3, -0.25) is 9.59 Å². The third kappa shape index (κ3) is 4.19. The van der Waals surface area contributed by atoms with E-state index in [0.717, 1.165) is 0 Å². The van der Waals surface area contributed by atoms with Gasteiger partial charge in [0, 0.05) is 6.54 Å². The van der Waals surface area contributed by atoms with E-state index in [2.05, 4.69) is 15.5 Å². The number of aliphatic hydroxyl groups excluding tert-OH is 1. The molecule has 2 saturated heterocycles. The van der Waals surface area contributed by atoms with Gasteiger partial charge in [0.05, 0.1) is 19.2 Å². The number of rotatable bonds is 5. The number of nitrogens with one attached hydrogen (secondary N) is 1. The maximum atomic E-state index is 13.1. The van der Waals surface area contributed by atoms with Crippen LogP contribution in [0.15, 0.2) is 10.8 Å². The summed E-state index contributed by atoms with van der Waals surface area (Å²) in [5.74, 6) is -0.394. The van der Waals surface area contributed by atoms with Gasteiger partial charge in [-0.05, 0) is 40.5 Å². The van der Waals surface area contributed by atoms with Gasteiger partial charge in [-0.1, -0.05) is 0 Å². The monoisotopic (exact) mass is 409 g/mol. The second kappa shape index (κ2) is 7.62. The molecule has 3 unspecified atom stereocenters. The molecule has 29 heavy (non-hydrogen) atoms. The van der Waals surface area contributed by atoms with E-state index in [4.69, 9.17) is 9.15 Å². The van der Waals surface area contributed by atoms with Crippen molar-refractivity contribution in [3.8, 4) is 0 Å². The first kappa shape index (κ1) is 21.0. The standard InChI is InChI=1S/C18H27N5O6/c1-11(24)13(20-16(27)29-17(2,3)4)14(25)23-7-5-6-18(23)9-22(15(18)26)8-12-21-19-10-28-12/h10-11,13,24H,5-9H2,1-4H3,(H,20,27). The average Bonchev–Trinajstić information content (AvgIpc) is 3.27. The molecule has 3 heterocycles. The Kier molecular flexibility index (Phi) is 5.52. The molecule has 3 amide bonds. The highest BCUT2D eigenvalue weighted by atomic mass is 16.6. The summed E-state index contributed by atoms with van der Waals surface area (Å²) in [5.41, 5.74) is -1.70. The number of aromatic nitrogens is 2. The number of nitrogens with zero attached hydrogens (tertiary/aromatic N) is 4. The minimum atomic E-state index is -1.21. The molecule has 160 valence electrons. The highest BCUT2D eigenvalue weighted by molar-refractivity contribution is 5.99. The SMILES string of the molecule is CC(O)C(NC(=O)OC(C)(C)C)C(=O)N1CCCC12CN(Cc1nnco1)C2=O. The summed E-state index contributed by atoms with van der Waals surface area (Å²) in [6, 6.07) is -1.21. The zero-order chi connectivity index (χ0) is 21.4. The number of alkyl carbamates (subject to hydrolysis) is 1. The van der Waals surface area contributed by atoms with Crippen molar-refractivity contribution in [1.82, 2.24) is 25.3 Å². The zero-order valence-electron chi connectivity index (χ0n) is 17.0. The molecule has 2 aliphatic rings. The van der Waals surface area contributed by atoms with Gasteiger partial charge in [-0.2, -0.15) is 0 Å². The van der Waals surface area contributed by atoms with Crippen LogP contribution in [0.4, 0.5) is 4.79 Å². The second-order valence-electron chi connectivity index (χ2n) is 8.48. The molecule has 0 aromatic carbocycles. The Morgan fingerprint density at radius 2 is 2.17 bits per heavy atom. The summed E-state index contributed by atoms with van der Waals surface area (Å²) in [6.45, 7) is 7.40. The van der Waals surface area contributed by atoms with Crippen LogP contribution in [0.5, 0.6) is 0 Å². The molecule has 2 aliphatic heterocycles. The van der Waals surface area contributed by atoms with Gasteiger partial charge in [-0.15, -0.1) is 10.2 Å². The molecule has 0 aliphatic carbocycles. The van der Waals surface area contributed by atoms with Crippen molar-refractivity contribution in [2.24, 2.45) is 0 Å². The highest BCUT2D eigenvalue weighted by Gasteiger charge is 2.60. The van der Waals surface area contributed by atoms with Crippen molar-refractivity contribution in [1.29, 1.82) is 0 Å². The molecule has 3 atom stereocenters. The molecule has 0 bridgehead atoms. The number of likely N-dealkylation sites (tertiary alicyclic amines) is 2. The largest absolute Gasteiger partial charge is 0.444 e. The molecule has 0 saturated carbocycles. The van der Waals surface area contributed by atoms with Crippen molar-refractivity contribution in [3.05, 3.63) is 12.3 Å². The minimum absolute atomic E-state index is 0.179. The Labute approximate surface area is 168 Å². The predicted molar refractivity (Wildman–Crippen MR) is 98.2 cm³/mol. The first-order chi connectivity index (χ1) is 13.5. The van der Waals surface area contributed by atoms with Crippen LogP contribution in [0, 0.1) is 0 Å². The van der Waals surface area contributed by atoms with E-state index in [0.29, 0.717) is 31.8 Å². The average molecular weight is 409 g/mol. The number of hydrogen-bond acceptors (Lipinski definition) is 8. The fourth-order valence-corrected chi connectivity index (χ4v) is 3.79. The maximum Gasteiger partial charge on any atom is 0.408 e. The number of amides is 3. The first-order valence-electron chi connectivity index (χ1n) is 9.57. The van der Waals surface area contributed by atoms with Gasteiger partial charge in [0.1, 0.15) is 17.2 Å². The van der Waals surface area contributed by atoms with Crippen molar-refractivity contribution < 1.29 is 28.6 Å². The molecule has 1 spiro atoms. The summed E-state index contributed by atoms with van der Waals surface area (Å²) in [5, 5.41) is 19.9. The molecular weight excluding hydrogens is 382 g/mol. The summed E-state index contributed by atoms with van der Waals surface area (Å²) in [6.07, 6.45) is 0.415. The van der Waals surface area contributed by atoms with Crippen molar-refractivity contribution in [3.63, 3.8) is 0 Å². The lowest BCUT2D eigenvalue weighted by Gasteiger charge is -2.51. The molecule has 1 aromatic rings. The number of β-lactam (4-membered cyclic amide) rings is 1. The zero-order valence-corrected chi connectivity index (χ0v) is 17.0. The smallest absolute Gasteiger partial charge is 0.408 e. The molecule has 2 fully saturated rings. The number of carbonyl (C=O) groups is 3. The Hall–Kier alpha value is -2.69. The third-order valence-corrected chi connectivity index (χ3v) is 5.04. The lowest BCUT2D eigenvalue weighted by Crippen LogP contribution is -2.74. The van der Waals surface area contributed by atoms with E-state index in [1.165, 1.54) is 23.1 Å². The van der Waals surface area contributed by atoms with E-state index in [1.54, 1.807) is 20.8 Å². The fraction of sp³-hybridized carbons (Fsp3) is 0.722. The van der Waals surface area contributed by atoms with E-state index < -0.39 is 35.3 Å². The van der Waals surface area contributed by atoms with E-state index in [9.17, 15) is 19.5 Å². The van der Waals surface area contributed by atoms with Crippen LogP contribution in [0.2, 0.25) is 0 Å². The minimum Gasteiger partial charge on any atom is -0.444 e. The van der Waals surface area contributed by atoms with E-state index in [1.807, 2.05) is 0 Å². The number of carbonyl (C=O) groups excluding carboxylic acids is 3. The molecule has 11 nitrogen and oxygen atoms in total. The topological polar surface area (TPSA) is 138 Å². The quantitative estimate of drug-likeness (QED) is 0.651. The summed E-state index contributed by atoms with van der Waals surface area (Å²) >= 11 is 0. The predicted octanol–water partition coefficient (Wildman–Crippen LogP) is 0.0471. The van der Waals surface area contributed by atoms with Crippen molar-refractivity contribution in [2.75, 3.05) is 13.1 Å². The van der Waals surface area contributed by atoms with E-state index in [-0.39, 0.29) is 12.5 Å². The van der Waals surface area contributed by atoms with Crippen LogP contribution in [0.3, 0.4) is 0 Å². The fourth-order valence-electron chi connectivity index (χ4n) is 3.79. The van der Waals surface area contributed by atoms with Crippen LogP contribution in [-0.4, -0.2) is 79.4 Å². The van der Waals surface area contributed by atoms with Crippen LogP contribution in [0.25, 0.3) is 0 Å². The Morgan fingerprint density at radius 3 is 2.72 bits per heavy atom. The first-order valence-corrected chi connectivity index (χ1v) is 9.57. The molecule has 2 N–H and O–H groups in total. The Bertz CT molecular complexity index is 774. The van der Waals surface area contributed by atoms with Crippen LogP contribution in [0.1, 0.15) is 46.4 Å². The second-order valence-corrected chi connectivity index (χ2v) is 8.48. The number of hydrogen-bond donors (Lipinski definition) is 2. The molecule has 11 heteroatoms. The normalized spacial score (nSPS) is 23.7. The van der Waals surface area contributed by atoms with Gasteiger partial charge in [-0.25, -0.2) is 4.79 Å². The van der Waals surface area contributed by atoms with Gasteiger partial charge >= 0.3 is 6.09 Å². The molecule has 0 radical (unpaired) electrons. The number of aliphatic hydroxyl groups is 1. The van der Waals surface area contributed by atoms with Gasteiger partial charge in [0.25, 0.3) is 5.91 Å². The lowest BCUT2D eigenvalue weighted by atomic mass is 9.85. The molecule has 1 aromatic heterocycles. The van der Waals surface area contributed by atoms with Crippen molar-refractivity contribution >= 4 is 17.9 Å². The van der Waals surface area contributed by atoms with Gasteiger partial charge < -0.3 is 29.4 Å². The van der Waals surface area contributed by atoms with Gasteiger partial charge in [0.15, 0.2) is 0 Å². The highest BCUT2D eigenvalue weighted by Crippen LogP contribution is 2.40.